The molecule has 2 amide bonds. The van der Waals surface area contributed by atoms with Gasteiger partial charge >= 0.3 is 0 Å². The van der Waals surface area contributed by atoms with Gasteiger partial charge < -0.3 is 0 Å². The third kappa shape index (κ3) is 5.20. The van der Waals surface area contributed by atoms with Gasteiger partial charge in [-0.2, -0.15) is 4.31 Å². The summed E-state index contributed by atoms with van der Waals surface area (Å²) in [5.41, 5.74) is 3.15. The van der Waals surface area contributed by atoms with Gasteiger partial charge in [-0.25, -0.2) is 13.3 Å². The Kier molecular flexibility index (Phi) is 7.57. The van der Waals surface area contributed by atoms with Gasteiger partial charge in [-0.1, -0.05) is 79.0 Å². The van der Waals surface area contributed by atoms with E-state index in [4.69, 9.17) is 23.2 Å². The predicted octanol–water partition coefficient (Wildman–Crippen LogP) is 5.95. The van der Waals surface area contributed by atoms with E-state index < -0.39 is 27.9 Å². The highest BCUT2D eigenvalue weighted by molar-refractivity contribution is 7.89. The number of anilines is 1. The van der Waals surface area contributed by atoms with Crippen molar-refractivity contribution in [3.8, 4) is 0 Å². The number of aryl methyl sites for hydroxylation is 1. The molecule has 0 bridgehead atoms. The van der Waals surface area contributed by atoms with E-state index >= 15 is 0 Å². The Hall–Kier alpha value is -2.71. The van der Waals surface area contributed by atoms with Crippen molar-refractivity contribution >= 4 is 50.7 Å². The highest BCUT2D eigenvalue weighted by Crippen LogP contribution is 2.34. The quantitative estimate of drug-likeness (QED) is 0.344. The van der Waals surface area contributed by atoms with Gasteiger partial charge in [-0.3, -0.25) is 9.59 Å². The SMILES string of the molecule is Cc1ccc(CN(C2CC(=O)N(c3ccc(C(C)C)cc3)C2=O)S(=O)(=O)c2cc(Cl)ccc2Cl)cc1. The van der Waals surface area contributed by atoms with Crippen LogP contribution in [-0.2, 0) is 26.2 Å². The van der Waals surface area contributed by atoms with Crippen molar-refractivity contribution in [2.24, 2.45) is 0 Å². The van der Waals surface area contributed by atoms with Crippen LogP contribution in [0.3, 0.4) is 0 Å². The second-order valence-electron chi connectivity index (χ2n) is 9.14. The average Bonchev–Trinajstić information content (AvgIpc) is 3.13. The summed E-state index contributed by atoms with van der Waals surface area (Å²) in [7, 11) is -4.31. The number of sulfonamides is 1. The van der Waals surface area contributed by atoms with Crippen LogP contribution in [0.5, 0.6) is 0 Å². The number of nitrogens with zero attached hydrogens (tertiary/aromatic N) is 2. The number of rotatable bonds is 7. The number of carbonyl (C=O) groups is 2. The minimum atomic E-state index is -4.31. The minimum Gasteiger partial charge on any atom is -0.274 e. The first-order valence-corrected chi connectivity index (χ1v) is 13.7. The number of amides is 2. The molecule has 0 aromatic heterocycles. The van der Waals surface area contributed by atoms with Gasteiger partial charge in [0.2, 0.25) is 15.9 Å². The Morgan fingerprint density at radius 2 is 1.61 bits per heavy atom. The first-order chi connectivity index (χ1) is 17.0. The molecule has 1 unspecified atom stereocenters. The van der Waals surface area contributed by atoms with Crippen molar-refractivity contribution in [2.75, 3.05) is 4.90 Å². The fraction of sp³-hybridized carbons (Fsp3) is 0.259. The molecule has 1 atom stereocenters. The summed E-state index contributed by atoms with van der Waals surface area (Å²) in [4.78, 5) is 27.5. The fourth-order valence-corrected chi connectivity index (χ4v) is 6.47. The number of imide groups is 1. The summed E-state index contributed by atoms with van der Waals surface area (Å²) in [6.07, 6.45) is -0.284. The van der Waals surface area contributed by atoms with E-state index in [1.807, 2.05) is 45.0 Å². The molecule has 0 radical (unpaired) electrons. The molecule has 0 aliphatic carbocycles. The molecule has 1 fully saturated rings. The van der Waals surface area contributed by atoms with Gasteiger partial charge in [0.1, 0.15) is 10.9 Å². The maximum Gasteiger partial charge on any atom is 0.252 e. The lowest BCUT2D eigenvalue weighted by atomic mass is 10.0. The summed E-state index contributed by atoms with van der Waals surface area (Å²) in [6, 6.07) is 17.3. The second kappa shape index (κ2) is 10.3. The van der Waals surface area contributed by atoms with E-state index in [1.54, 1.807) is 24.3 Å². The Balaban J connectivity index is 1.76. The van der Waals surface area contributed by atoms with Gasteiger partial charge in [0, 0.05) is 11.6 Å². The third-order valence-corrected chi connectivity index (χ3v) is 8.80. The normalized spacial score (nSPS) is 16.4. The average molecular weight is 545 g/mol. The third-order valence-electron chi connectivity index (χ3n) is 6.23. The zero-order valence-corrected chi connectivity index (χ0v) is 22.4. The summed E-state index contributed by atoms with van der Waals surface area (Å²) < 4.78 is 28.8. The highest BCUT2D eigenvalue weighted by Gasteiger charge is 2.47. The smallest absolute Gasteiger partial charge is 0.252 e. The Morgan fingerprint density at radius 3 is 2.22 bits per heavy atom. The molecular weight excluding hydrogens is 519 g/mol. The van der Waals surface area contributed by atoms with E-state index in [-0.39, 0.29) is 33.8 Å². The highest BCUT2D eigenvalue weighted by atomic mass is 35.5. The minimum absolute atomic E-state index is 0.0220. The lowest BCUT2D eigenvalue weighted by Gasteiger charge is -2.27. The van der Waals surface area contributed by atoms with Crippen molar-refractivity contribution in [1.82, 2.24) is 4.31 Å². The van der Waals surface area contributed by atoms with E-state index in [9.17, 15) is 18.0 Å². The van der Waals surface area contributed by atoms with E-state index in [0.717, 1.165) is 20.3 Å². The molecule has 0 spiro atoms. The van der Waals surface area contributed by atoms with E-state index in [1.165, 1.54) is 18.2 Å². The first-order valence-electron chi connectivity index (χ1n) is 11.5. The molecule has 9 heteroatoms. The largest absolute Gasteiger partial charge is 0.274 e. The maximum atomic E-state index is 13.9. The van der Waals surface area contributed by atoms with Gasteiger partial charge in [0.05, 0.1) is 17.1 Å². The van der Waals surface area contributed by atoms with Crippen molar-refractivity contribution in [3.05, 3.63) is 93.5 Å². The summed E-state index contributed by atoms with van der Waals surface area (Å²) in [6.45, 7) is 5.90. The maximum absolute atomic E-state index is 13.9. The molecule has 4 rings (SSSR count). The molecular formula is C27H26Cl2N2O4S. The zero-order valence-electron chi connectivity index (χ0n) is 20.1. The summed E-state index contributed by atoms with van der Waals surface area (Å²) in [5, 5.41) is 0.167. The standard InChI is InChI=1S/C27H26Cl2N2O4S/c1-17(2)20-8-11-22(12-9-20)31-26(32)15-24(27(31)33)30(16-19-6-4-18(3)5-7-19)36(34,35)25-14-21(28)10-13-23(25)29/h4-14,17,24H,15-16H2,1-3H3. The zero-order chi connectivity index (χ0) is 26.2. The lowest BCUT2D eigenvalue weighted by molar-refractivity contribution is -0.122. The Labute approximate surface area is 221 Å². The van der Waals surface area contributed by atoms with Crippen LogP contribution in [0.25, 0.3) is 0 Å². The molecule has 1 aliphatic heterocycles. The monoisotopic (exact) mass is 544 g/mol. The Bertz CT molecular complexity index is 1400. The molecule has 3 aromatic rings. The van der Waals surface area contributed by atoms with Gasteiger partial charge in [-0.15, -0.1) is 0 Å². The number of benzene rings is 3. The van der Waals surface area contributed by atoms with Crippen molar-refractivity contribution in [1.29, 1.82) is 0 Å². The number of halogens is 2. The topological polar surface area (TPSA) is 74.8 Å². The summed E-state index contributed by atoms with van der Waals surface area (Å²) >= 11 is 12.3. The van der Waals surface area contributed by atoms with Crippen molar-refractivity contribution in [3.63, 3.8) is 0 Å². The van der Waals surface area contributed by atoms with Crippen molar-refractivity contribution < 1.29 is 18.0 Å². The summed E-state index contributed by atoms with van der Waals surface area (Å²) in [5.74, 6) is -0.788. The van der Waals surface area contributed by atoms with Crippen LogP contribution in [0, 0.1) is 6.92 Å². The molecule has 0 N–H and O–H groups in total. The second-order valence-corrected chi connectivity index (χ2v) is 11.8. The molecule has 1 saturated heterocycles. The van der Waals surface area contributed by atoms with Crippen LogP contribution in [0.2, 0.25) is 10.0 Å². The molecule has 3 aromatic carbocycles. The van der Waals surface area contributed by atoms with Crippen LogP contribution in [0.15, 0.2) is 71.6 Å². The fourth-order valence-electron chi connectivity index (χ4n) is 4.16. The van der Waals surface area contributed by atoms with Crippen LogP contribution >= 0.6 is 23.2 Å². The van der Waals surface area contributed by atoms with E-state index in [0.29, 0.717) is 11.3 Å². The molecule has 188 valence electrons. The Morgan fingerprint density at radius 1 is 0.972 bits per heavy atom. The molecule has 1 aliphatic rings. The number of hydrogen-bond donors (Lipinski definition) is 0. The van der Waals surface area contributed by atoms with Crippen LogP contribution < -0.4 is 4.90 Å². The van der Waals surface area contributed by atoms with Crippen LogP contribution in [0.1, 0.15) is 42.9 Å². The predicted molar refractivity (Wildman–Crippen MR) is 142 cm³/mol. The number of carbonyl (C=O) groups excluding carboxylic acids is 2. The van der Waals surface area contributed by atoms with Gasteiger partial charge in [-0.05, 0) is 54.3 Å². The van der Waals surface area contributed by atoms with E-state index in [2.05, 4.69) is 0 Å². The lowest BCUT2D eigenvalue weighted by Crippen LogP contribution is -2.45. The molecule has 0 saturated carbocycles. The molecule has 36 heavy (non-hydrogen) atoms. The van der Waals surface area contributed by atoms with Crippen LogP contribution in [-0.4, -0.2) is 30.6 Å². The first kappa shape index (κ1) is 26.4. The van der Waals surface area contributed by atoms with Gasteiger partial charge in [0.25, 0.3) is 5.91 Å². The van der Waals surface area contributed by atoms with Gasteiger partial charge in [0.15, 0.2) is 0 Å². The van der Waals surface area contributed by atoms with Crippen molar-refractivity contribution in [2.45, 2.75) is 50.6 Å². The molecule has 6 nitrogen and oxygen atoms in total. The number of hydrogen-bond acceptors (Lipinski definition) is 4. The van der Waals surface area contributed by atoms with Crippen LogP contribution in [0.4, 0.5) is 5.69 Å². The molecule has 1 heterocycles.